The van der Waals surface area contributed by atoms with Crippen molar-refractivity contribution in [3.8, 4) is 0 Å². The van der Waals surface area contributed by atoms with Crippen molar-refractivity contribution in [1.82, 2.24) is 9.88 Å². The lowest BCUT2D eigenvalue weighted by Crippen LogP contribution is -2.35. The quantitative estimate of drug-likeness (QED) is 0.738. The minimum absolute atomic E-state index is 0.206. The first kappa shape index (κ1) is 11.6. The van der Waals surface area contributed by atoms with E-state index in [9.17, 15) is 4.79 Å². The zero-order chi connectivity index (χ0) is 14.0. The van der Waals surface area contributed by atoms with Crippen molar-refractivity contribution in [2.45, 2.75) is 25.3 Å². The Kier molecular flexibility index (Phi) is 2.21. The third kappa shape index (κ3) is 1.41. The maximum atomic E-state index is 12.7. The van der Waals surface area contributed by atoms with Gasteiger partial charge in [-0.1, -0.05) is 30.4 Å². The smallest absolute Gasteiger partial charge is 0.226 e. The summed E-state index contributed by atoms with van der Waals surface area (Å²) in [7, 11) is 0. The van der Waals surface area contributed by atoms with E-state index in [1.54, 1.807) is 0 Å². The first-order chi connectivity index (χ1) is 10.3. The molecule has 2 aromatic rings. The summed E-state index contributed by atoms with van der Waals surface area (Å²) in [6.45, 7) is 0.880. The molecule has 21 heavy (non-hydrogen) atoms. The van der Waals surface area contributed by atoms with Crippen molar-refractivity contribution in [3.05, 3.63) is 47.7 Å². The summed E-state index contributed by atoms with van der Waals surface area (Å²) in [5.41, 5.74) is 3.96. The molecule has 3 heterocycles. The van der Waals surface area contributed by atoms with Gasteiger partial charge in [-0.2, -0.15) is 0 Å². The van der Waals surface area contributed by atoms with E-state index < -0.39 is 0 Å². The average Bonchev–Trinajstić information content (AvgIpc) is 3.04. The molecule has 1 saturated heterocycles. The minimum Gasteiger partial charge on any atom is -0.356 e. The molecule has 106 valence electrons. The number of hydrogen-bond donors (Lipinski definition) is 1. The predicted molar refractivity (Wildman–Crippen MR) is 81.8 cm³/mol. The number of hydrogen-bond acceptors (Lipinski definition) is 1. The number of H-pyrrole nitrogens is 1. The van der Waals surface area contributed by atoms with E-state index in [-0.39, 0.29) is 12.0 Å². The highest BCUT2D eigenvalue weighted by Gasteiger charge is 2.50. The number of aromatic amines is 1. The Morgan fingerprint density at radius 1 is 1.14 bits per heavy atom. The third-order valence-corrected chi connectivity index (χ3v) is 5.57. The lowest BCUT2D eigenvalue weighted by atomic mass is 9.79. The monoisotopic (exact) mass is 278 g/mol. The van der Waals surface area contributed by atoms with Crippen LogP contribution in [0.15, 0.2) is 36.4 Å². The fourth-order valence-electron chi connectivity index (χ4n) is 4.64. The van der Waals surface area contributed by atoms with Crippen molar-refractivity contribution in [3.63, 3.8) is 0 Å². The van der Waals surface area contributed by atoms with Crippen LogP contribution in [0, 0.1) is 11.8 Å². The molecular formula is C18H18N2O. The fourth-order valence-corrected chi connectivity index (χ4v) is 4.64. The molecule has 0 saturated carbocycles. The first-order valence-corrected chi connectivity index (χ1v) is 7.89. The number of amides is 1. The Balaban J connectivity index is 1.71. The topological polar surface area (TPSA) is 36.1 Å². The molecule has 1 fully saturated rings. The van der Waals surface area contributed by atoms with Crippen molar-refractivity contribution >= 4 is 16.8 Å². The Hall–Kier alpha value is -2.03. The summed E-state index contributed by atoms with van der Waals surface area (Å²) < 4.78 is 0. The van der Waals surface area contributed by atoms with E-state index in [1.807, 2.05) is 0 Å². The molecule has 0 unspecified atom stereocenters. The van der Waals surface area contributed by atoms with E-state index in [4.69, 9.17) is 0 Å². The number of allylic oxidation sites excluding steroid dienone is 2. The highest BCUT2D eigenvalue weighted by Crippen LogP contribution is 2.50. The molecule has 0 radical (unpaired) electrons. The highest BCUT2D eigenvalue weighted by atomic mass is 16.2. The molecule has 3 heteroatoms. The lowest BCUT2D eigenvalue weighted by Gasteiger charge is -2.33. The van der Waals surface area contributed by atoms with E-state index in [2.05, 4.69) is 46.3 Å². The van der Waals surface area contributed by atoms with Crippen molar-refractivity contribution in [1.29, 1.82) is 0 Å². The van der Waals surface area contributed by atoms with Gasteiger partial charge in [0, 0.05) is 35.0 Å². The normalized spacial score (nSPS) is 30.4. The fraction of sp³-hybridized carbons (Fsp3) is 0.389. The third-order valence-electron chi connectivity index (χ3n) is 5.57. The average molecular weight is 278 g/mol. The Labute approximate surface area is 123 Å². The summed E-state index contributed by atoms with van der Waals surface area (Å²) in [5.74, 6) is 1.03. The van der Waals surface area contributed by atoms with Crippen LogP contribution >= 0.6 is 0 Å². The Morgan fingerprint density at radius 3 is 2.95 bits per heavy atom. The molecular weight excluding hydrogens is 260 g/mol. The van der Waals surface area contributed by atoms with E-state index in [0.717, 1.165) is 25.8 Å². The largest absolute Gasteiger partial charge is 0.356 e. The van der Waals surface area contributed by atoms with Crippen LogP contribution in [-0.2, 0) is 11.2 Å². The molecule has 3 aliphatic rings. The van der Waals surface area contributed by atoms with Gasteiger partial charge < -0.3 is 9.88 Å². The van der Waals surface area contributed by atoms with Crippen LogP contribution in [0.25, 0.3) is 10.9 Å². The zero-order valence-corrected chi connectivity index (χ0v) is 11.9. The molecule has 5 rings (SSSR count). The van der Waals surface area contributed by atoms with Crippen LogP contribution in [-0.4, -0.2) is 22.3 Å². The van der Waals surface area contributed by atoms with Crippen LogP contribution in [0.5, 0.6) is 0 Å². The summed E-state index contributed by atoms with van der Waals surface area (Å²) in [6.07, 6.45) is 7.38. The zero-order valence-electron chi connectivity index (χ0n) is 11.9. The van der Waals surface area contributed by atoms with Crippen LogP contribution in [0.3, 0.4) is 0 Å². The SMILES string of the molecule is O=C1[C@H]2CC=CC[C@H]2[C@H]2c3[nH]c4ccccc4c3CCN12. The van der Waals surface area contributed by atoms with Crippen LogP contribution in [0.2, 0.25) is 0 Å². The first-order valence-electron chi connectivity index (χ1n) is 7.89. The molecule has 0 bridgehead atoms. The predicted octanol–water partition coefficient (Wildman–Crippen LogP) is 3.19. The van der Waals surface area contributed by atoms with Crippen LogP contribution in [0.4, 0.5) is 0 Å². The molecule has 2 aliphatic heterocycles. The van der Waals surface area contributed by atoms with Crippen molar-refractivity contribution < 1.29 is 4.79 Å². The number of nitrogens with zero attached hydrogens (tertiary/aromatic N) is 1. The number of carbonyl (C=O) groups is 1. The maximum Gasteiger partial charge on any atom is 0.226 e. The Morgan fingerprint density at radius 2 is 2.00 bits per heavy atom. The van der Waals surface area contributed by atoms with Gasteiger partial charge in [0.15, 0.2) is 0 Å². The lowest BCUT2D eigenvalue weighted by molar-refractivity contribution is -0.132. The maximum absolute atomic E-state index is 12.7. The van der Waals surface area contributed by atoms with Gasteiger partial charge in [0.05, 0.1) is 6.04 Å². The highest BCUT2D eigenvalue weighted by molar-refractivity contribution is 5.88. The summed E-state index contributed by atoms with van der Waals surface area (Å²) in [6, 6.07) is 8.80. The number of benzene rings is 1. The molecule has 1 amide bonds. The van der Waals surface area contributed by atoms with Gasteiger partial charge in [-0.15, -0.1) is 0 Å². The van der Waals surface area contributed by atoms with Gasteiger partial charge in [0.25, 0.3) is 0 Å². The molecule has 0 spiro atoms. The summed E-state index contributed by atoms with van der Waals surface area (Å²) in [5, 5.41) is 1.34. The molecule has 1 aromatic carbocycles. The van der Waals surface area contributed by atoms with Crippen molar-refractivity contribution in [2.24, 2.45) is 11.8 Å². The molecule has 3 nitrogen and oxygen atoms in total. The van der Waals surface area contributed by atoms with Gasteiger partial charge in [-0.25, -0.2) is 0 Å². The molecule has 1 aliphatic carbocycles. The van der Waals surface area contributed by atoms with Gasteiger partial charge in [-0.05, 0) is 30.9 Å². The molecule has 3 atom stereocenters. The molecule has 1 N–H and O–H groups in total. The number of para-hydroxylation sites is 1. The van der Waals surface area contributed by atoms with E-state index >= 15 is 0 Å². The molecule has 1 aromatic heterocycles. The Bertz CT molecular complexity index is 773. The second kappa shape index (κ2) is 4.00. The van der Waals surface area contributed by atoms with Crippen LogP contribution in [0.1, 0.15) is 30.1 Å². The van der Waals surface area contributed by atoms with Gasteiger partial charge >= 0.3 is 0 Å². The number of rotatable bonds is 0. The second-order valence-electron chi connectivity index (χ2n) is 6.50. The number of nitrogens with one attached hydrogen (secondary N) is 1. The minimum atomic E-state index is 0.206. The van der Waals surface area contributed by atoms with Gasteiger partial charge in [0.1, 0.15) is 0 Å². The second-order valence-corrected chi connectivity index (χ2v) is 6.50. The van der Waals surface area contributed by atoms with Gasteiger partial charge in [-0.3, -0.25) is 4.79 Å². The van der Waals surface area contributed by atoms with Gasteiger partial charge in [0.2, 0.25) is 5.91 Å². The van der Waals surface area contributed by atoms with E-state index in [1.165, 1.54) is 22.2 Å². The number of carbonyl (C=O) groups excluding carboxylic acids is 1. The number of fused-ring (bicyclic) bond motifs is 7. The summed E-state index contributed by atoms with van der Waals surface area (Å²) >= 11 is 0. The summed E-state index contributed by atoms with van der Waals surface area (Å²) in [4.78, 5) is 18.4. The van der Waals surface area contributed by atoms with Crippen molar-refractivity contribution in [2.75, 3.05) is 6.54 Å². The standard InChI is InChI=1S/C18H18N2O/c21-18-14-7-2-1-6-13(14)17-16-12(9-10-20(17)18)11-5-3-4-8-15(11)19-16/h1-5,8,13-14,17,19H,6-7,9-10H2/t13-,14+,17+/m1/s1. The van der Waals surface area contributed by atoms with E-state index in [0.29, 0.717) is 11.8 Å². The number of aromatic nitrogens is 1. The van der Waals surface area contributed by atoms with Crippen LogP contribution < -0.4 is 0 Å².